The number of hydrogen-bond donors (Lipinski definition) is 1. The number of thiazole rings is 1. The molecule has 1 aromatic carbocycles. The normalized spacial score (nSPS) is 12.3. The lowest BCUT2D eigenvalue weighted by molar-refractivity contribution is -0.115. The van der Waals surface area contributed by atoms with Gasteiger partial charge in [-0.3, -0.25) is 4.79 Å². The Morgan fingerprint density at radius 1 is 1.32 bits per heavy atom. The van der Waals surface area contributed by atoms with Crippen LogP contribution in [0.2, 0.25) is 5.02 Å². The predicted molar refractivity (Wildman–Crippen MR) is 92.8 cm³/mol. The Kier molecular flexibility index (Phi) is 4.61. The summed E-state index contributed by atoms with van der Waals surface area (Å²) >= 11 is 8.80. The number of rotatable bonds is 4. The molecule has 0 saturated carbocycles. The summed E-state index contributed by atoms with van der Waals surface area (Å²) in [4.78, 5) is 20.8. The van der Waals surface area contributed by atoms with Crippen molar-refractivity contribution in [2.24, 2.45) is 0 Å². The summed E-state index contributed by atoms with van der Waals surface area (Å²) in [6, 6.07) is 11.3. The molecule has 22 heavy (non-hydrogen) atoms. The molecule has 1 atom stereocenters. The van der Waals surface area contributed by atoms with Crippen LogP contribution in [0.3, 0.4) is 0 Å². The van der Waals surface area contributed by atoms with Crippen molar-refractivity contribution in [2.45, 2.75) is 16.5 Å². The van der Waals surface area contributed by atoms with Gasteiger partial charge in [0.25, 0.3) is 0 Å². The summed E-state index contributed by atoms with van der Waals surface area (Å²) in [5.41, 5.74) is 0.960. The first kappa shape index (κ1) is 15.3. The molecule has 112 valence electrons. The van der Waals surface area contributed by atoms with Crippen molar-refractivity contribution >= 4 is 56.6 Å². The molecule has 0 aliphatic rings. The van der Waals surface area contributed by atoms with E-state index in [9.17, 15) is 4.79 Å². The molecule has 1 N–H and O–H groups in total. The number of amides is 1. The standard InChI is InChI=1S/C15H12ClN3OS2/c1-9(14(20)19-13-7-6-10(16)8-17-13)21-15-18-11-4-2-3-5-12(11)22-15/h2-9H,1H3,(H,17,19,20)/t9-/m0/s1. The van der Waals surface area contributed by atoms with Crippen molar-refractivity contribution in [1.29, 1.82) is 0 Å². The Balaban J connectivity index is 1.66. The molecule has 0 saturated heterocycles. The number of fused-ring (bicyclic) bond motifs is 1. The largest absolute Gasteiger partial charge is 0.310 e. The van der Waals surface area contributed by atoms with Gasteiger partial charge >= 0.3 is 0 Å². The first-order valence-corrected chi connectivity index (χ1v) is 8.64. The molecule has 0 aliphatic heterocycles. The zero-order valence-electron chi connectivity index (χ0n) is 11.6. The van der Waals surface area contributed by atoms with Gasteiger partial charge < -0.3 is 5.32 Å². The number of pyridine rings is 1. The van der Waals surface area contributed by atoms with Crippen LogP contribution in [0.1, 0.15) is 6.92 Å². The topological polar surface area (TPSA) is 54.9 Å². The first-order chi connectivity index (χ1) is 10.6. The molecule has 4 nitrogen and oxygen atoms in total. The monoisotopic (exact) mass is 349 g/mol. The van der Waals surface area contributed by atoms with Gasteiger partial charge in [0, 0.05) is 6.20 Å². The Hall–Kier alpha value is -1.63. The Morgan fingerprint density at radius 3 is 2.86 bits per heavy atom. The molecular weight excluding hydrogens is 338 g/mol. The minimum absolute atomic E-state index is 0.112. The zero-order valence-corrected chi connectivity index (χ0v) is 14.0. The number of halogens is 1. The lowest BCUT2D eigenvalue weighted by Gasteiger charge is -2.09. The second kappa shape index (κ2) is 6.64. The molecule has 3 aromatic rings. The molecule has 7 heteroatoms. The SMILES string of the molecule is C[C@H](Sc1nc2ccccc2s1)C(=O)Nc1ccc(Cl)cn1. The summed E-state index contributed by atoms with van der Waals surface area (Å²) in [6.07, 6.45) is 1.50. The van der Waals surface area contributed by atoms with Crippen molar-refractivity contribution in [3.63, 3.8) is 0 Å². The maximum Gasteiger partial charge on any atom is 0.238 e. The molecule has 0 aliphatic carbocycles. The molecule has 3 rings (SSSR count). The highest BCUT2D eigenvalue weighted by Gasteiger charge is 2.17. The summed E-state index contributed by atoms with van der Waals surface area (Å²) in [6.45, 7) is 1.85. The summed E-state index contributed by atoms with van der Waals surface area (Å²) in [5, 5.41) is 3.04. The highest BCUT2D eigenvalue weighted by atomic mass is 35.5. The quantitative estimate of drug-likeness (QED) is 0.706. The van der Waals surface area contributed by atoms with Crippen molar-refractivity contribution in [2.75, 3.05) is 5.32 Å². The highest BCUT2D eigenvalue weighted by molar-refractivity contribution is 8.02. The number of benzene rings is 1. The number of hydrogen-bond acceptors (Lipinski definition) is 5. The average molecular weight is 350 g/mol. The third kappa shape index (κ3) is 3.58. The molecule has 0 radical (unpaired) electrons. The van der Waals surface area contributed by atoms with E-state index in [1.807, 2.05) is 31.2 Å². The molecular formula is C15H12ClN3OS2. The summed E-state index contributed by atoms with van der Waals surface area (Å²) < 4.78 is 2.00. The van der Waals surface area contributed by atoms with Crippen LogP contribution in [0.15, 0.2) is 46.9 Å². The maximum absolute atomic E-state index is 12.2. The molecule has 1 amide bonds. The second-order valence-corrected chi connectivity index (χ2v) is 7.61. The number of aromatic nitrogens is 2. The zero-order chi connectivity index (χ0) is 15.5. The van der Waals surface area contributed by atoms with Crippen LogP contribution in [-0.4, -0.2) is 21.1 Å². The Morgan fingerprint density at radius 2 is 2.14 bits per heavy atom. The molecule has 0 spiro atoms. The summed E-state index contributed by atoms with van der Waals surface area (Å²) in [7, 11) is 0. The fourth-order valence-corrected chi connectivity index (χ4v) is 4.11. The van der Waals surface area contributed by atoms with E-state index in [1.165, 1.54) is 18.0 Å². The lowest BCUT2D eigenvalue weighted by Crippen LogP contribution is -2.22. The van der Waals surface area contributed by atoms with Crippen LogP contribution in [0.4, 0.5) is 5.82 Å². The smallest absolute Gasteiger partial charge is 0.238 e. The number of carbonyl (C=O) groups is 1. The third-order valence-corrected chi connectivity index (χ3v) is 5.35. The number of anilines is 1. The van der Waals surface area contributed by atoms with Crippen molar-refractivity contribution in [3.05, 3.63) is 47.6 Å². The van der Waals surface area contributed by atoms with E-state index in [2.05, 4.69) is 15.3 Å². The lowest BCUT2D eigenvalue weighted by atomic mass is 10.3. The Bertz CT molecular complexity index is 771. The van der Waals surface area contributed by atoms with Gasteiger partial charge in [-0.25, -0.2) is 9.97 Å². The van der Waals surface area contributed by atoms with Crippen molar-refractivity contribution in [3.8, 4) is 0 Å². The first-order valence-electron chi connectivity index (χ1n) is 6.56. The fraction of sp³-hybridized carbons (Fsp3) is 0.133. The minimum atomic E-state index is -0.266. The van der Waals surface area contributed by atoms with Gasteiger partial charge in [-0.2, -0.15) is 0 Å². The van der Waals surface area contributed by atoms with Gasteiger partial charge in [-0.15, -0.1) is 11.3 Å². The van der Waals surface area contributed by atoms with E-state index in [0.717, 1.165) is 14.6 Å². The number of para-hydroxylation sites is 1. The van der Waals surface area contributed by atoms with Gasteiger partial charge in [0.1, 0.15) is 5.82 Å². The minimum Gasteiger partial charge on any atom is -0.310 e. The van der Waals surface area contributed by atoms with Crippen molar-refractivity contribution < 1.29 is 4.79 Å². The molecule has 0 bridgehead atoms. The Labute approximate surface area is 140 Å². The number of thioether (sulfide) groups is 1. The van der Waals surface area contributed by atoms with Gasteiger partial charge in [0.05, 0.1) is 20.5 Å². The summed E-state index contributed by atoms with van der Waals surface area (Å²) in [5.74, 6) is 0.380. The van der Waals surface area contributed by atoms with Crippen LogP contribution >= 0.6 is 34.7 Å². The predicted octanol–water partition coefficient (Wildman–Crippen LogP) is 4.46. The van der Waals surface area contributed by atoms with Crippen molar-refractivity contribution in [1.82, 2.24) is 9.97 Å². The fourth-order valence-electron chi connectivity index (χ4n) is 1.78. The van der Waals surface area contributed by atoms with Gasteiger partial charge in [0.2, 0.25) is 5.91 Å². The van der Waals surface area contributed by atoms with E-state index in [4.69, 9.17) is 11.6 Å². The van der Waals surface area contributed by atoms with E-state index in [-0.39, 0.29) is 11.2 Å². The van der Waals surface area contributed by atoms with E-state index in [0.29, 0.717) is 10.8 Å². The second-order valence-electron chi connectivity index (χ2n) is 4.56. The number of carbonyl (C=O) groups excluding carboxylic acids is 1. The maximum atomic E-state index is 12.2. The van der Waals surface area contributed by atoms with E-state index >= 15 is 0 Å². The van der Waals surface area contributed by atoms with E-state index in [1.54, 1.807) is 23.5 Å². The molecule has 0 fully saturated rings. The molecule has 0 unspecified atom stereocenters. The number of nitrogens with one attached hydrogen (secondary N) is 1. The van der Waals surface area contributed by atoms with Gasteiger partial charge in [-0.05, 0) is 31.2 Å². The van der Waals surface area contributed by atoms with E-state index < -0.39 is 0 Å². The molecule has 2 aromatic heterocycles. The average Bonchev–Trinajstić information content (AvgIpc) is 2.91. The van der Waals surface area contributed by atoms with Crippen LogP contribution in [-0.2, 0) is 4.79 Å². The van der Waals surface area contributed by atoms with Gasteiger partial charge in [0.15, 0.2) is 4.34 Å². The van der Waals surface area contributed by atoms with Crippen LogP contribution in [0.25, 0.3) is 10.2 Å². The highest BCUT2D eigenvalue weighted by Crippen LogP contribution is 2.32. The van der Waals surface area contributed by atoms with Crippen LogP contribution in [0.5, 0.6) is 0 Å². The number of nitrogens with zero attached hydrogens (tertiary/aromatic N) is 2. The van der Waals surface area contributed by atoms with Crippen LogP contribution < -0.4 is 5.32 Å². The van der Waals surface area contributed by atoms with Gasteiger partial charge in [-0.1, -0.05) is 35.5 Å². The molecule has 2 heterocycles. The third-order valence-electron chi connectivity index (χ3n) is 2.90. The van der Waals surface area contributed by atoms with Crippen LogP contribution in [0, 0.1) is 0 Å².